The van der Waals surface area contributed by atoms with Crippen molar-refractivity contribution in [2.75, 3.05) is 5.32 Å². The third-order valence-electron chi connectivity index (χ3n) is 2.86. The number of benzene rings is 1. The van der Waals surface area contributed by atoms with Crippen LogP contribution in [0.2, 0.25) is 0 Å². The number of hydrogen-bond donors (Lipinski definition) is 2. The molecule has 0 radical (unpaired) electrons. The van der Waals surface area contributed by atoms with Crippen molar-refractivity contribution in [2.24, 2.45) is 5.92 Å². The molecule has 1 aromatic rings. The van der Waals surface area contributed by atoms with Gasteiger partial charge in [-0.2, -0.15) is 0 Å². The van der Waals surface area contributed by atoms with Crippen LogP contribution in [-0.2, 0) is 4.79 Å². The van der Waals surface area contributed by atoms with Crippen LogP contribution in [0.3, 0.4) is 0 Å². The van der Waals surface area contributed by atoms with Gasteiger partial charge in [-0.15, -0.1) is 0 Å². The lowest BCUT2D eigenvalue weighted by molar-refractivity contribution is -0.144. The van der Waals surface area contributed by atoms with Gasteiger partial charge >= 0.3 is 5.97 Å². The van der Waals surface area contributed by atoms with Crippen LogP contribution in [0.5, 0.6) is 0 Å². The molecule has 2 atom stereocenters. The van der Waals surface area contributed by atoms with E-state index < -0.39 is 11.9 Å². The second-order valence-electron chi connectivity index (χ2n) is 3.90. The van der Waals surface area contributed by atoms with Crippen LogP contribution in [0.1, 0.15) is 12.8 Å². The first-order chi connectivity index (χ1) is 7.58. The lowest BCUT2D eigenvalue weighted by Gasteiger charge is -2.34. The van der Waals surface area contributed by atoms with Gasteiger partial charge in [0.2, 0.25) is 0 Å². The molecule has 86 valence electrons. The molecule has 0 spiro atoms. The summed E-state index contributed by atoms with van der Waals surface area (Å²) < 4.78 is 14.2. The van der Waals surface area contributed by atoms with Crippen LogP contribution >= 0.6 is 15.9 Å². The van der Waals surface area contributed by atoms with Crippen molar-refractivity contribution in [2.45, 2.75) is 18.9 Å². The molecular weight excluding hydrogens is 277 g/mol. The second kappa shape index (κ2) is 4.41. The predicted octanol–water partition coefficient (Wildman–Crippen LogP) is 2.86. The highest BCUT2D eigenvalue weighted by molar-refractivity contribution is 9.10. The third kappa shape index (κ3) is 2.19. The highest BCUT2D eigenvalue weighted by atomic mass is 79.9. The summed E-state index contributed by atoms with van der Waals surface area (Å²) in [6.45, 7) is 0. The quantitative estimate of drug-likeness (QED) is 0.899. The molecular formula is C11H11BrFNO2. The normalized spacial score (nSPS) is 23.6. The minimum atomic E-state index is -0.820. The summed E-state index contributed by atoms with van der Waals surface area (Å²) in [4.78, 5) is 10.8. The van der Waals surface area contributed by atoms with E-state index in [0.29, 0.717) is 12.1 Å². The summed E-state index contributed by atoms with van der Waals surface area (Å²) in [5.74, 6) is -1.59. The fraction of sp³-hybridized carbons (Fsp3) is 0.364. The van der Waals surface area contributed by atoms with Gasteiger partial charge in [-0.1, -0.05) is 15.9 Å². The van der Waals surface area contributed by atoms with Gasteiger partial charge in [-0.3, -0.25) is 4.79 Å². The van der Waals surface area contributed by atoms with Gasteiger partial charge in [0.15, 0.2) is 0 Å². The largest absolute Gasteiger partial charge is 0.481 e. The number of anilines is 1. The van der Waals surface area contributed by atoms with Crippen molar-refractivity contribution in [1.82, 2.24) is 0 Å². The molecule has 0 saturated heterocycles. The van der Waals surface area contributed by atoms with Gasteiger partial charge < -0.3 is 10.4 Å². The van der Waals surface area contributed by atoms with Crippen molar-refractivity contribution in [3.63, 3.8) is 0 Å². The SMILES string of the molecule is O=C(O)C1CCC1Nc1cc(Br)ccc1F. The maximum Gasteiger partial charge on any atom is 0.308 e. The van der Waals surface area contributed by atoms with E-state index in [1.165, 1.54) is 6.07 Å². The van der Waals surface area contributed by atoms with E-state index in [4.69, 9.17) is 5.11 Å². The molecule has 1 aromatic carbocycles. The fourth-order valence-electron chi connectivity index (χ4n) is 1.78. The van der Waals surface area contributed by atoms with Gasteiger partial charge in [0.1, 0.15) is 5.82 Å². The molecule has 0 aromatic heterocycles. The lowest BCUT2D eigenvalue weighted by atomic mass is 9.79. The van der Waals surface area contributed by atoms with Crippen LogP contribution in [0.15, 0.2) is 22.7 Å². The first-order valence-corrected chi connectivity index (χ1v) is 5.81. The van der Waals surface area contributed by atoms with Crippen molar-refractivity contribution < 1.29 is 14.3 Å². The molecule has 0 amide bonds. The zero-order valence-corrected chi connectivity index (χ0v) is 10.00. The number of nitrogens with one attached hydrogen (secondary N) is 1. The number of aliphatic carboxylic acids is 1. The van der Waals surface area contributed by atoms with Crippen molar-refractivity contribution >= 4 is 27.6 Å². The summed E-state index contributed by atoms with van der Waals surface area (Å²) in [6, 6.07) is 4.41. The Morgan fingerprint density at radius 1 is 1.50 bits per heavy atom. The summed E-state index contributed by atoms with van der Waals surface area (Å²) in [6.07, 6.45) is 1.42. The van der Waals surface area contributed by atoms with E-state index in [1.54, 1.807) is 12.1 Å². The monoisotopic (exact) mass is 287 g/mol. The zero-order valence-electron chi connectivity index (χ0n) is 8.41. The first-order valence-electron chi connectivity index (χ1n) is 5.02. The van der Waals surface area contributed by atoms with E-state index in [-0.39, 0.29) is 11.9 Å². The standard InChI is InChI=1S/C11H11BrFNO2/c12-6-1-3-8(13)10(5-6)14-9-4-2-7(9)11(15)16/h1,3,5,7,9,14H,2,4H2,(H,15,16). The maximum atomic E-state index is 13.4. The van der Waals surface area contributed by atoms with Gasteiger partial charge in [0.25, 0.3) is 0 Å². The molecule has 1 saturated carbocycles. The smallest absolute Gasteiger partial charge is 0.308 e. The van der Waals surface area contributed by atoms with Crippen LogP contribution in [0.25, 0.3) is 0 Å². The van der Waals surface area contributed by atoms with E-state index in [1.807, 2.05) is 0 Å². The molecule has 3 nitrogen and oxygen atoms in total. The average molecular weight is 288 g/mol. The number of carboxylic acid groups (broad SMARTS) is 1. The first kappa shape index (κ1) is 11.4. The third-order valence-corrected chi connectivity index (χ3v) is 3.35. The average Bonchev–Trinajstić information content (AvgIpc) is 2.16. The second-order valence-corrected chi connectivity index (χ2v) is 4.81. The van der Waals surface area contributed by atoms with Gasteiger partial charge in [-0.05, 0) is 31.0 Å². The van der Waals surface area contributed by atoms with E-state index in [9.17, 15) is 9.18 Å². The molecule has 2 rings (SSSR count). The molecule has 1 fully saturated rings. The fourth-order valence-corrected chi connectivity index (χ4v) is 2.14. The minimum absolute atomic E-state index is 0.165. The Labute approximate surface area is 101 Å². The van der Waals surface area contributed by atoms with Gasteiger partial charge in [-0.25, -0.2) is 4.39 Å². The Morgan fingerprint density at radius 3 is 2.81 bits per heavy atom. The van der Waals surface area contributed by atoms with Crippen LogP contribution in [-0.4, -0.2) is 17.1 Å². The van der Waals surface area contributed by atoms with Crippen LogP contribution < -0.4 is 5.32 Å². The summed E-state index contributed by atoms with van der Waals surface area (Å²) in [5, 5.41) is 11.8. The number of hydrogen-bond acceptors (Lipinski definition) is 2. The molecule has 1 aliphatic carbocycles. The van der Waals surface area contributed by atoms with E-state index >= 15 is 0 Å². The lowest BCUT2D eigenvalue weighted by Crippen LogP contribution is -2.43. The Bertz CT molecular complexity index is 424. The number of halogens is 2. The maximum absolute atomic E-state index is 13.4. The van der Waals surface area contributed by atoms with Gasteiger partial charge in [0, 0.05) is 10.5 Å². The zero-order chi connectivity index (χ0) is 11.7. The number of carbonyl (C=O) groups is 1. The highest BCUT2D eigenvalue weighted by Gasteiger charge is 2.36. The van der Waals surface area contributed by atoms with E-state index in [0.717, 1.165) is 10.9 Å². The van der Waals surface area contributed by atoms with Crippen LogP contribution in [0, 0.1) is 11.7 Å². The molecule has 0 bridgehead atoms. The molecule has 2 unspecified atom stereocenters. The minimum Gasteiger partial charge on any atom is -0.481 e. The van der Waals surface area contributed by atoms with Crippen LogP contribution in [0.4, 0.5) is 10.1 Å². The molecule has 0 heterocycles. The summed E-state index contributed by atoms with van der Waals surface area (Å²) in [5.41, 5.74) is 0.352. The Kier molecular flexibility index (Phi) is 3.14. The molecule has 0 aliphatic heterocycles. The van der Waals surface area contributed by atoms with Crippen molar-refractivity contribution in [3.8, 4) is 0 Å². The summed E-state index contributed by atoms with van der Waals surface area (Å²) >= 11 is 3.25. The predicted molar refractivity (Wildman–Crippen MR) is 61.9 cm³/mol. The molecule has 2 N–H and O–H groups in total. The Balaban J connectivity index is 2.09. The number of rotatable bonds is 3. The Hall–Kier alpha value is -1.10. The van der Waals surface area contributed by atoms with Gasteiger partial charge in [0.05, 0.1) is 11.6 Å². The molecule has 16 heavy (non-hydrogen) atoms. The highest BCUT2D eigenvalue weighted by Crippen LogP contribution is 2.32. The Morgan fingerprint density at radius 2 is 2.25 bits per heavy atom. The van der Waals surface area contributed by atoms with Crippen molar-refractivity contribution in [3.05, 3.63) is 28.5 Å². The topological polar surface area (TPSA) is 49.3 Å². The van der Waals surface area contributed by atoms with E-state index in [2.05, 4.69) is 21.2 Å². The molecule has 5 heteroatoms. The molecule has 1 aliphatic rings. The summed E-state index contributed by atoms with van der Waals surface area (Å²) in [7, 11) is 0. The van der Waals surface area contributed by atoms with Crippen molar-refractivity contribution in [1.29, 1.82) is 0 Å². The number of carboxylic acids is 1.